The number of hydrogen-bond acceptors (Lipinski definition) is 9. The van der Waals surface area contributed by atoms with E-state index >= 15 is 0 Å². The van der Waals surface area contributed by atoms with Gasteiger partial charge in [-0.25, -0.2) is 4.98 Å². The van der Waals surface area contributed by atoms with Gasteiger partial charge in [0.1, 0.15) is 11.9 Å². The van der Waals surface area contributed by atoms with Crippen LogP contribution in [0.15, 0.2) is 24.4 Å². The lowest BCUT2D eigenvalue weighted by atomic mass is 9.82. The van der Waals surface area contributed by atoms with Gasteiger partial charge in [0, 0.05) is 18.7 Å². The van der Waals surface area contributed by atoms with Crippen LogP contribution in [0.2, 0.25) is 0 Å². The Kier molecular flexibility index (Phi) is 8.18. The molecule has 0 spiro atoms. The normalized spacial score (nSPS) is 19.2. The molecule has 10 heteroatoms. The van der Waals surface area contributed by atoms with Crippen LogP contribution < -0.4 is 21.1 Å². The topological polar surface area (TPSA) is 148 Å². The molecule has 174 valence electrons. The molecule has 0 amide bonds. The summed E-state index contributed by atoms with van der Waals surface area (Å²) in [5.41, 5.74) is 7.19. The molecular formula is C22H32N6O4. The van der Waals surface area contributed by atoms with Gasteiger partial charge in [-0.2, -0.15) is 4.98 Å². The zero-order valence-corrected chi connectivity index (χ0v) is 18.6. The highest BCUT2D eigenvalue weighted by atomic mass is 16.6. The van der Waals surface area contributed by atoms with E-state index in [1.165, 1.54) is 6.20 Å². The maximum Gasteiger partial charge on any atom is 0.329 e. The molecule has 3 rings (SSSR count). The molecule has 1 unspecified atom stereocenters. The highest BCUT2D eigenvalue weighted by Crippen LogP contribution is 2.30. The van der Waals surface area contributed by atoms with Gasteiger partial charge in [0.25, 0.3) is 0 Å². The van der Waals surface area contributed by atoms with Crippen LogP contribution in [-0.2, 0) is 6.54 Å². The highest BCUT2D eigenvalue weighted by Gasteiger charge is 2.22. The van der Waals surface area contributed by atoms with E-state index in [0.717, 1.165) is 43.4 Å². The minimum Gasteiger partial charge on any atom is -0.496 e. The summed E-state index contributed by atoms with van der Waals surface area (Å²) in [6.45, 7) is 3.37. The standard InChI is InChI=1S/C22H32N6O4/c1-14(29)17-7-8-20(32-2)18(9-17)12-25-22-26-13-19(28(30)31)21(27-22)24-11-16-5-3-15(10-23)4-6-16/h7-9,13-16,29H,3-6,10-12,23H2,1-2H3,(H2,24,25,26,27). The number of rotatable bonds is 10. The summed E-state index contributed by atoms with van der Waals surface area (Å²) < 4.78 is 5.39. The van der Waals surface area contributed by atoms with E-state index in [-0.39, 0.29) is 17.5 Å². The third-order valence-corrected chi connectivity index (χ3v) is 6.05. The first-order chi connectivity index (χ1) is 15.4. The van der Waals surface area contributed by atoms with Gasteiger partial charge in [-0.1, -0.05) is 6.07 Å². The van der Waals surface area contributed by atoms with E-state index < -0.39 is 11.0 Å². The first-order valence-electron chi connectivity index (χ1n) is 10.9. The minimum absolute atomic E-state index is 0.153. The number of nitrogens with two attached hydrogens (primary N) is 1. The second kappa shape index (κ2) is 11.1. The lowest BCUT2D eigenvalue weighted by Crippen LogP contribution is -2.25. The molecule has 1 saturated carbocycles. The number of ether oxygens (including phenoxy) is 1. The molecule has 0 radical (unpaired) electrons. The summed E-state index contributed by atoms with van der Waals surface area (Å²) in [6.07, 6.45) is 4.90. The molecule has 1 aliphatic carbocycles. The van der Waals surface area contributed by atoms with Gasteiger partial charge >= 0.3 is 5.69 Å². The number of methoxy groups -OCH3 is 1. The second-order valence-corrected chi connectivity index (χ2v) is 8.29. The second-order valence-electron chi connectivity index (χ2n) is 8.29. The summed E-state index contributed by atoms with van der Waals surface area (Å²) in [5, 5.41) is 27.5. The smallest absolute Gasteiger partial charge is 0.329 e. The van der Waals surface area contributed by atoms with Gasteiger partial charge in [-0.05, 0) is 68.7 Å². The summed E-state index contributed by atoms with van der Waals surface area (Å²) >= 11 is 0. The Morgan fingerprint density at radius 2 is 2.00 bits per heavy atom. The van der Waals surface area contributed by atoms with Crippen LogP contribution in [0.1, 0.15) is 49.8 Å². The van der Waals surface area contributed by atoms with E-state index in [9.17, 15) is 15.2 Å². The number of benzene rings is 1. The van der Waals surface area contributed by atoms with E-state index in [1.807, 2.05) is 6.07 Å². The summed E-state index contributed by atoms with van der Waals surface area (Å²) in [5.74, 6) is 2.17. The monoisotopic (exact) mass is 444 g/mol. The molecule has 32 heavy (non-hydrogen) atoms. The van der Waals surface area contributed by atoms with Crippen LogP contribution in [-0.4, -0.2) is 40.2 Å². The van der Waals surface area contributed by atoms with Gasteiger partial charge in [0.15, 0.2) is 0 Å². The van der Waals surface area contributed by atoms with E-state index in [1.54, 1.807) is 26.2 Å². The molecule has 0 saturated heterocycles. The first kappa shape index (κ1) is 23.7. The van der Waals surface area contributed by atoms with Crippen molar-refractivity contribution in [1.29, 1.82) is 0 Å². The molecule has 5 N–H and O–H groups in total. The zero-order chi connectivity index (χ0) is 23.1. The predicted molar refractivity (Wildman–Crippen MR) is 123 cm³/mol. The lowest BCUT2D eigenvalue weighted by molar-refractivity contribution is -0.384. The molecule has 2 aromatic rings. The molecule has 1 fully saturated rings. The molecule has 1 aliphatic rings. The zero-order valence-electron chi connectivity index (χ0n) is 18.6. The Hall–Kier alpha value is -2.98. The summed E-state index contributed by atoms with van der Waals surface area (Å²) in [4.78, 5) is 19.4. The van der Waals surface area contributed by atoms with Gasteiger partial charge in [-0.3, -0.25) is 10.1 Å². The highest BCUT2D eigenvalue weighted by molar-refractivity contribution is 5.57. The number of anilines is 2. The molecule has 0 bridgehead atoms. The van der Waals surface area contributed by atoms with Crippen molar-refractivity contribution in [2.75, 3.05) is 30.8 Å². The van der Waals surface area contributed by atoms with Crippen molar-refractivity contribution >= 4 is 17.5 Å². The van der Waals surface area contributed by atoms with E-state index in [2.05, 4.69) is 20.6 Å². The number of hydrogen-bond donors (Lipinski definition) is 4. The number of nitrogens with zero attached hydrogens (tertiary/aromatic N) is 3. The van der Waals surface area contributed by atoms with E-state index in [0.29, 0.717) is 30.7 Å². The summed E-state index contributed by atoms with van der Waals surface area (Å²) in [7, 11) is 1.58. The van der Waals surface area contributed by atoms with Crippen molar-refractivity contribution in [2.24, 2.45) is 17.6 Å². The fourth-order valence-corrected chi connectivity index (χ4v) is 4.01. The van der Waals surface area contributed by atoms with Crippen molar-refractivity contribution in [1.82, 2.24) is 9.97 Å². The van der Waals surface area contributed by atoms with Crippen LogP contribution in [0.4, 0.5) is 17.5 Å². The average molecular weight is 445 g/mol. The Labute approximate surface area is 187 Å². The maximum absolute atomic E-state index is 11.4. The number of aliphatic hydroxyl groups is 1. The van der Waals surface area contributed by atoms with Crippen LogP contribution in [0.25, 0.3) is 0 Å². The average Bonchev–Trinajstić information content (AvgIpc) is 2.81. The molecule has 1 atom stereocenters. The van der Waals surface area contributed by atoms with Crippen molar-refractivity contribution in [3.8, 4) is 5.75 Å². The molecule has 1 heterocycles. The van der Waals surface area contributed by atoms with E-state index in [4.69, 9.17) is 10.5 Å². The number of nitro groups is 1. The third-order valence-electron chi connectivity index (χ3n) is 6.05. The van der Waals surface area contributed by atoms with Crippen molar-refractivity contribution in [3.05, 3.63) is 45.6 Å². The fourth-order valence-electron chi connectivity index (χ4n) is 4.01. The van der Waals surface area contributed by atoms with Crippen LogP contribution in [0, 0.1) is 22.0 Å². The maximum atomic E-state index is 11.4. The first-order valence-corrected chi connectivity index (χ1v) is 10.9. The molecular weight excluding hydrogens is 412 g/mol. The Morgan fingerprint density at radius 1 is 1.28 bits per heavy atom. The van der Waals surface area contributed by atoms with Crippen LogP contribution >= 0.6 is 0 Å². The van der Waals surface area contributed by atoms with Crippen molar-refractivity contribution < 1.29 is 14.8 Å². The SMILES string of the molecule is COc1ccc(C(C)O)cc1CNc1ncc([N+](=O)[O-])c(NCC2CCC(CN)CC2)n1. The van der Waals surface area contributed by atoms with Gasteiger partial charge < -0.3 is 26.2 Å². The van der Waals surface area contributed by atoms with Crippen molar-refractivity contribution in [2.45, 2.75) is 45.3 Å². The van der Waals surface area contributed by atoms with Gasteiger partial charge in [0.2, 0.25) is 11.8 Å². The Bertz CT molecular complexity index is 915. The molecule has 10 nitrogen and oxygen atoms in total. The lowest BCUT2D eigenvalue weighted by Gasteiger charge is -2.27. The molecule has 1 aromatic carbocycles. The minimum atomic E-state index is -0.606. The molecule has 1 aromatic heterocycles. The number of nitrogens with one attached hydrogen (secondary N) is 2. The van der Waals surface area contributed by atoms with Gasteiger partial charge in [0.05, 0.1) is 18.1 Å². The molecule has 0 aliphatic heterocycles. The third kappa shape index (κ3) is 6.04. The predicted octanol–water partition coefficient (Wildman–Crippen LogP) is 3.24. The summed E-state index contributed by atoms with van der Waals surface area (Å²) in [6, 6.07) is 5.44. The van der Waals surface area contributed by atoms with Crippen LogP contribution in [0.5, 0.6) is 5.75 Å². The van der Waals surface area contributed by atoms with Gasteiger partial charge in [-0.15, -0.1) is 0 Å². The van der Waals surface area contributed by atoms with Crippen molar-refractivity contribution in [3.63, 3.8) is 0 Å². The number of aliphatic hydroxyl groups excluding tert-OH is 1. The fraction of sp³-hybridized carbons (Fsp3) is 0.545. The number of aromatic nitrogens is 2. The van der Waals surface area contributed by atoms with Crippen LogP contribution in [0.3, 0.4) is 0 Å². The quantitative estimate of drug-likeness (QED) is 0.320. The Morgan fingerprint density at radius 3 is 2.62 bits per heavy atom. The Balaban J connectivity index is 1.69. The largest absolute Gasteiger partial charge is 0.496 e.